The van der Waals surface area contributed by atoms with E-state index in [2.05, 4.69) is 35.2 Å². The van der Waals surface area contributed by atoms with Crippen LogP contribution in [0.5, 0.6) is 0 Å². The molecule has 0 spiro atoms. The molecule has 3 rings (SSSR count). The Kier molecular flexibility index (Phi) is 3.69. The lowest BCUT2D eigenvalue weighted by Crippen LogP contribution is -2.24. The van der Waals surface area contributed by atoms with Gasteiger partial charge in [-0.2, -0.15) is 0 Å². The largest absolute Gasteiger partial charge is 0.338 e. The van der Waals surface area contributed by atoms with Crippen LogP contribution < -0.4 is 10.6 Å². The van der Waals surface area contributed by atoms with E-state index in [1.54, 1.807) is 11.8 Å². The van der Waals surface area contributed by atoms with Gasteiger partial charge in [-0.25, -0.2) is 0 Å². The fourth-order valence-electron chi connectivity index (χ4n) is 2.33. The zero-order valence-corrected chi connectivity index (χ0v) is 12.0. The number of para-hydroxylation sites is 2. The maximum Gasteiger partial charge on any atom is 0.0742 e. The third kappa shape index (κ3) is 2.34. The molecule has 0 aliphatic carbocycles. The van der Waals surface area contributed by atoms with Gasteiger partial charge < -0.3 is 10.6 Å². The summed E-state index contributed by atoms with van der Waals surface area (Å²) in [6.45, 7) is 1.58. The van der Waals surface area contributed by atoms with Crippen molar-refractivity contribution in [1.29, 1.82) is 0 Å². The van der Waals surface area contributed by atoms with Gasteiger partial charge in [-0.05, 0) is 37.2 Å². The van der Waals surface area contributed by atoms with Gasteiger partial charge in [0.1, 0.15) is 0 Å². The van der Waals surface area contributed by atoms with Gasteiger partial charge >= 0.3 is 0 Å². The van der Waals surface area contributed by atoms with Crippen molar-refractivity contribution in [1.82, 2.24) is 0 Å². The zero-order valence-electron chi connectivity index (χ0n) is 10.5. The topological polar surface area (TPSA) is 29.3 Å². The number of rotatable bonds is 3. The Bertz CT molecular complexity index is 600. The number of benzene rings is 2. The summed E-state index contributed by atoms with van der Waals surface area (Å²) in [5.74, 6) is 0. The van der Waals surface area contributed by atoms with Gasteiger partial charge in [0.05, 0.1) is 16.4 Å². The fourth-order valence-corrected chi connectivity index (χ4v) is 3.79. The lowest BCUT2D eigenvalue weighted by molar-refractivity contribution is 0.807. The Hall–Kier alpha value is -1.16. The van der Waals surface area contributed by atoms with Crippen molar-refractivity contribution in [3.8, 4) is 0 Å². The average molecular weight is 291 g/mol. The summed E-state index contributed by atoms with van der Waals surface area (Å²) in [5.41, 5.74) is 7.99. The van der Waals surface area contributed by atoms with E-state index in [0.29, 0.717) is 6.54 Å². The molecule has 0 amide bonds. The summed E-state index contributed by atoms with van der Waals surface area (Å²) in [6.07, 6.45) is 0.948. The van der Waals surface area contributed by atoms with Gasteiger partial charge in [0.15, 0.2) is 0 Å². The normalized spacial score (nSPS) is 13.1. The molecule has 0 unspecified atom stereocenters. The van der Waals surface area contributed by atoms with Crippen molar-refractivity contribution in [2.45, 2.75) is 16.2 Å². The van der Waals surface area contributed by atoms with E-state index in [1.807, 2.05) is 12.1 Å². The van der Waals surface area contributed by atoms with Gasteiger partial charge in [0.25, 0.3) is 0 Å². The van der Waals surface area contributed by atoms with Crippen molar-refractivity contribution in [3.05, 3.63) is 47.5 Å². The highest BCUT2D eigenvalue weighted by atomic mass is 35.5. The molecule has 1 aliphatic heterocycles. The highest BCUT2D eigenvalue weighted by Crippen LogP contribution is 2.50. The van der Waals surface area contributed by atoms with Crippen LogP contribution in [0.25, 0.3) is 0 Å². The van der Waals surface area contributed by atoms with Crippen molar-refractivity contribution in [2.24, 2.45) is 5.73 Å². The first-order valence-electron chi connectivity index (χ1n) is 6.34. The van der Waals surface area contributed by atoms with Gasteiger partial charge in [-0.3, -0.25) is 0 Å². The standard InChI is InChI=1S/C15H15ClN2S/c16-11-5-3-8-14-15(11)18(10-4-9-17)12-6-1-2-7-13(12)19-14/h1-3,5-8H,4,9-10,17H2. The monoisotopic (exact) mass is 290 g/mol. The number of fused-ring (bicyclic) bond motifs is 2. The summed E-state index contributed by atoms with van der Waals surface area (Å²) >= 11 is 8.17. The van der Waals surface area contributed by atoms with Crippen molar-refractivity contribution in [3.63, 3.8) is 0 Å². The van der Waals surface area contributed by atoms with Crippen LogP contribution in [0.3, 0.4) is 0 Å². The van der Waals surface area contributed by atoms with Crippen LogP contribution in [0.15, 0.2) is 52.3 Å². The summed E-state index contributed by atoms with van der Waals surface area (Å²) in [5, 5.41) is 0.802. The molecule has 0 atom stereocenters. The molecule has 2 aromatic carbocycles. The second-order valence-electron chi connectivity index (χ2n) is 4.45. The minimum absolute atomic E-state index is 0.686. The van der Waals surface area contributed by atoms with Crippen LogP contribution in [0.2, 0.25) is 5.02 Å². The molecule has 0 saturated heterocycles. The van der Waals surface area contributed by atoms with E-state index in [1.165, 1.54) is 15.5 Å². The Morgan fingerprint density at radius 3 is 2.68 bits per heavy atom. The molecule has 0 saturated carbocycles. The highest BCUT2D eigenvalue weighted by molar-refractivity contribution is 7.99. The van der Waals surface area contributed by atoms with Gasteiger partial charge in [-0.1, -0.05) is 41.6 Å². The molecule has 0 aromatic heterocycles. The summed E-state index contributed by atoms with van der Waals surface area (Å²) in [4.78, 5) is 4.77. The smallest absolute Gasteiger partial charge is 0.0742 e. The summed E-state index contributed by atoms with van der Waals surface area (Å²) in [7, 11) is 0. The fraction of sp³-hybridized carbons (Fsp3) is 0.200. The lowest BCUT2D eigenvalue weighted by Gasteiger charge is -2.33. The molecule has 2 nitrogen and oxygen atoms in total. The molecule has 0 radical (unpaired) electrons. The predicted molar refractivity (Wildman–Crippen MR) is 82.7 cm³/mol. The zero-order chi connectivity index (χ0) is 13.2. The SMILES string of the molecule is NCCCN1c2ccccc2Sc2cccc(Cl)c21. The molecule has 4 heteroatoms. The Balaban J connectivity index is 2.11. The molecule has 1 aliphatic rings. The van der Waals surface area contributed by atoms with E-state index in [9.17, 15) is 0 Å². The second kappa shape index (κ2) is 5.45. The molecular weight excluding hydrogens is 276 g/mol. The van der Waals surface area contributed by atoms with Crippen LogP contribution in [0.1, 0.15) is 6.42 Å². The summed E-state index contributed by atoms with van der Waals surface area (Å²) in [6, 6.07) is 14.5. The van der Waals surface area contributed by atoms with Crippen LogP contribution in [0, 0.1) is 0 Å². The maximum absolute atomic E-state index is 6.40. The molecule has 0 bridgehead atoms. The lowest BCUT2D eigenvalue weighted by atomic mass is 10.2. The molecule has 1 heterocycles. The number of hydrogen-bond acceptors (Lipinski definition) is 3. The number of nitrogens with zero attached hydrogens (tertiary/aromatic N) is 1. The number of nitrogens with two attached hydrogens (primary N) is 1. The molecule has 0 fully saturated rings. The van der Waals surface area contributed by atoms with Gasteiger partial charge in [0, 0.05) is 16.3 Å². The summed E-state index contributed by atoms with van der Waals surface area (Å²) < 4.78 is 0. The first-order valence-corrected chi connectivity index (χ1v) is 7.53. The van der Waals surface area contributed by atoms with E-state index in [0.717, 1.165) is 23.7 Å². The Morgan fingerprint density at radius 1 is 1.05 bits per heavy atom. The number of anilines is 2. The second-order valence-corrected chi connectivity index (χ2v) is 5.94. The van der Waals surface area contributed by atoms with Crippen molar-refractivity contribution >= 4 is 34.7 Å². The molecule has 19 heavy (non-hydrogen) atoms. The van der Waals surface area contributed by atoms with E-state index in [-0.39, 0.29) is 0 Å². The number of hydrogen-bond donors (Lipinski definition) is 1. The first kappa shape index (κ1) is 12.9. The van der Waals surface area contributed by atoms with E-state index < -0.39 is 0 Å². The quantitative estimate of drug-likeness (QED) is 0.914. The first-order chi connectivity index (χ1) is 9.31. The van der Waals surface area contributed by atoms with Crippen LogP contribution >= 0.6 is 23.4 Å². The third-order valence-electron chi connectivity index (χ3n) is 3.18. The molecular formula is C15H15ClN2S. The molecule has 2 aromatic rings. The minimum atomic E-state index is 0.686. The van der Waals surface area contributed by atoms with Gasteiger partial charge in [0.2, 0.25) is 0 Å². The van der Waals surface area contributed by atoms with E-state index in [4.69, 9.17) is 17.3 Å². The van der Waals surface area contributed by atoms with Crippen molar-refractivity contribution in [2.75, 3.05) is 18.0 Å². The Labute approximate surface area is 122 Å². The van der Waals surface area contributed by atoms with Crippen LogP contribution in [-0.4, -0.2) is 13.1 Å². The third-order valence-corrected chi connectivity index (χ3v) is 4.60. The predicted octanol–water partition coefficient (Wildman–Crippen LogP) is 4.29. The molecule has 2 N–H and O–H groups in total. The molecule has 98 valence electrons. The number of halogens is 1. The maximum atomic E-state index is 6.40. The minimum Gasteiger partial charge on any atom is -0.338 e. The van der Waals surface area contributed by atoms with Gasteiger partial charge in [-0.15, -0.1) is 0 Å². The van der Waals surface area contributed by atoms with Crippen molar-refractivity contribution < 1.29 is 0 Å². The Morgan fingerprint density at radius 2 is 1.84 bits per heavy atom. The van der Waals surface area contributed by atoms with Crippen LogP contribution in [0.4, 0.5) is 11.4 Å². The van der Waals surface area contributed by atoms with Crippen LogP contribution in [-0.2, 0) is 0 Å². The average Bonchev–Trinajstić information content (AvgIpc) is 2.44. The highest BCUT2D eigenvalue weighted by Gasteiger charge is 2.24. The van der Waals surface area contributed by atoms with E-state index >= 15 is 0 Å².